The van der Waals surface area contributed by atoms with Crippen molar-refractivity contribution >= 4 is 34.0 Å². The molecule has 0 saturated heterocycles. The maximum absolute atomic E-state index is 10.0. The lowest BCUT2D eigenvalue weighted by atomic mass is 10.1. The molecule has 0 aliphatic carbocycles. The highest BCUT2D eigenvalue weighted by Gasteiger charge is 2.16. The highest BCUT2D eigenvalue weighted by Crippen LogP contribution is 2.33. The summed E-state index contributed by atoms with van der Waals surface area (Å²) >= 11 is 8.02. The summed E-state index contributed by atoms with van der Waals surface area (Å²) in [5, 5.41) is 18.1. The number of nitrogens with zero attached hydrogens (tertiary/aromatic N) is 3. The minimum absolute atomic E-state index is 0.0230. The molecular weight excluding hydrogens is 466 g/mol. The molecule has 0 fully saturated rings. The first-order chi connectivity index (χ1) is 16.5. The summed E-state index contributed by atoms with van der Waals surface area (Å²) in [7, 11) is 0. The Bertz CT molecular complexity index is 1210. The smallest absolute Gasteiger partial charge is 0.224 e. The summed E-state index contributed by atoms with van der Waals surface area (Å²) in [6.45, 7) is 4.13. The van der Waals surface area contributed by atoms with E-state index in [0.29, 0.717) is 16.7 Å². The van der Waals surface area contributed by atoms with Gasteiger partial charge >= 0.3 is 0 Å². The molecule has 0 radical (unpaired) electrons. The Kier molecular flexibility index (Phi) is 8.11. The predicted octanol–water partition coefficient (Wildman–Crippen LogP) is 6.15. The largest absolute Gasteiger partial charge is 0.394 e. The van der Waals surface area contributed by atoms with E-state index in [9.17, 15) is 5.11 Å². The topological polar surface area (TPSA) is 83.0 Å². The van der Waals surface area contributed by atoms with Gasteiger partial charge in [-0.2, -0.15) is 0 Å². The van der Waals surface area contributed by atoms with Crippen LogP contribution in [0.2, 0.25) is 5.02 Å². The third-order valence-corrected chi connectivity index (χ3v) is 6.50. The van der Waals surface area contributed by atoms with Gasteiger partial charge in [-0.25, -0.2) is 15.0 Å². The average Bonchev–Trinajstić information content (AvgIpc) is 3.30. The zero-order valence-electron chi connectivity index (χ0n) is 19.2. The van der Waals surface area contributed by atoms with Crippen LogP contribution < -0.4 is 10.6 Å². The van der Waals surface area contributed by atoms with Gasteiger partial charge in [-0.15, -0.1) is 0 Å². The Hall–Kier alpha value is -3.00. The Labute approximate surface area is 209 Å². The van der Waals surface area contributed by atoms with Crippen molar-refractivity contribution in [1.82, 2.24) is 15.0 Å². The van der Waals surface area contributed by atoms with Gasteiger partial charge in [0, 0.05) is 22.8 Å². The predicted molar refractivity (Wildman–Crippen MR) is 142 cm³/mol. The van der Waals surface area contributed by atoms with E-state index < -0.39 is 0 Å². The van der Waals surface area contributed by atoms with Gasteiger partial charge in [0.15, 0.2) is 5.13 Å². The van der Waals surface area contributed by atoms with Crippen LogP contribution in [0, 0.1) is 0 Å². The van der Waals surface area contributed by atoms with Crippen LogP contribution in [0.1, 0.15) is 25.8 Å². The van der Waals surface area contributed by atoms with Crippen molar-refractivity contribution in [2.24, 2.45) is 0 Å². The molecule has 2 aromatic carbocycles. The van der Waals surface area contributed by atoms with Crippen LogP contribution >= 0.6 is 22.9 Å². The van der Waals surface area contributed by atoms with Crippen molar-refractivity contribution in [2.75, 3.05) is 17.2 Å². The third-order valence-electron chi connectivity index (χ3n) is 5.22. The molecular formula is C26H28ClN5OS. The van der Waals surface area contributed by atoms with Gasteiger partial charge in [0.25, 0.3) is 0 Å². The zero-order valence-corrected chi connectivity index (χ0v) is 20.8. The average molecular weight is 494 g/mol. The highest BCUT2D eigenvalue weighted by atomic mass is 35.5. The molecule has 0 spiro atoms. The van der Waals surface area contributed by atoms with Crippen molar-refractivity contribution in [2.45, 2.75) is 38.8 Å². The van der Waals surface area contributed by atoms with Gasteiger partial charge in [0.1, 0.15) is 0 Å². The second kappa shape index (κ2) is 11.4. The van der Waals surface area contributed by atoms with Crippen LogP contribution in [0.5, 0.6) is 0 Å². The molecule has 0 amide bonds. The second-order valence-electron chi connectivity index (χ2n) is 8.32. The number of rotatable bonds is 10. The number of aromatic nitrogens is 3. The van der Waals surface area contributed by atoms with E-state index in [1.807, 2.05) is 54.7 Å². The van der Waals surface area contributed by atoms with Crippen molar-refractivity contribution < 1.29 is 5.11 Å². The lowest BCUT2D eigenvalue weighted by Gasteiger charge is -2.17. The van der Waals surface area contributed by atoms with Gasteiger partial charge in [0.2, 0.25) is 5.95 Å². The summed E-state index contributed by atoms with van der Waals surface area (Å²) in [5.74, 6) is 0.450. The molecule has 0 bridgehead atoms. The highest BCUT2D eigenvalue weighted by molar-refractivity contribution is 7.18. The lowest BCUT2D eigenvalue weighted by Crippen LogP contribution is -2.25. The van der Waals surface area contributed by atoms with Gasteiger partial charge in [-0.1, -0.05) is 71.5 Å². The van der Waals surface area contributed by atoms with Crippen molar-refractivity contribution in [3.63, 3.8) is 0 Å². The summed E-state index contributed by atoms with van der Waals surface area (Å²) < 4.78 is 0. The molecule has 34 heavy (non-hydrogen) atoms. The van der Waals surface area contributed by atoms with Crippen LogP contribution in [-0.4, -0.2) is 38.7 Å². The monoisotopic (exact) mass is 493 g/mol. The van der Waals surface area contributed by atoms with E-state index >= 15 is 0 Å². The van der Waals surface area contributed by atoms with Crippen molar-refractivity contribution in [3.8, 4) is 21.8 Å². The van der Waals surface area contributed by atoms with Gasteiger partial charge in [0.05, 0.1) is 28.9 Å². The van der Waals surface area contributed by atoms with Crippen molar-refractivity contribution in [3.05, 3.63) is 77.4 Å². The number of benzene rings is 2. The van der Waals surface area contributed by atoms with Gasteiger partial charge in [-0.3, -0.25) is 0 Å². The number of nitrogens with one attached hydrogen (secondary N) is 2. The third kappa shape index (κ3) is 6.32. The number of aryl methyl sites for hydroxylation is 1. The van der Waals surface area contributed by atoms with E-state index in [1.54, 1.807) is 11.3 Å². The standard InChI is InChI=1S/C26H28ClN5OS/c1-17(2)29-26-28-15-24(34-26)23-14-22(20-10-6-7-11-21(20)27)31-25(32-23)30-19(16-33)13-12-18-8-4-3-5-9-18/h3-11,14-15,17,19,33H,12-13,16H2,1-2H3,(H,28,29)(H,30,31,32)/t19-/m0/s1. The molecule has 2 aromatic heterocycles. The minimum atomic E-state index is -0.186. The SMILES string of the molecule is CC(C)Nc1ncc(-c2cc(-c3ccccc3Cl)nc(N[C@H](CO)CCc3ccccc3)n2)s1. The molecule has 0 aliphatic heterocycles. The van der Waals surface area contributed by atoms with Crippen LogP contribution in [0.4, 0.5) is 11.1 Å². The van der Waals surface area contributed by atoms with Gasteiger partial charge < -0.3 is 15.7 Å². The second-order valence-corrected chi connectivity index (χ2v) is 9.76. The molecule has 4 aromatic rings. The quantitative estimate of drug-likeness (QED) is 0.246. The van der Waals surface area contributed by atoms with Crippen LogP contribution in [0.15, 0.2) is 66.9 Å². The van der Waals surface area contributed by atoms with Crippen LogP contribution in [0.3, 0.4) is 0 Å². The molecule has 3 N–H and O–H groups in total. The molecule has 2 heterocycles. The maximum Gasteiger partial charge on any atom is 0.224 e. The number of thiazole rings is 1. The van der Waals surface area contributed by atoms with E-state index in [-0.39, 0.29) is 18.7 Å². The number of anilines is 2. The Morgan fingerprint density at radius 1 is 0.971 bits per heavy atom. The molecule has 0 aliphatic rings. The van der Waals surface area contributed by atoms with E-state index in [1.165, 1.54) is 5.56 Å². The molecule has 0 unspecified atom stereocenters. The summed E-state index contributed by atoms with van der Waals surface area (Å²) in [4.78, 5) is 14.9. The van der Waals surface area contributed by atoms with Crippen LogP contribution in [0.25, 0.3) is 21.8 Å². The molecule has 176 valence electrons. The number of hydrogen-bond acceptors (Lipinski definition) is 7. The Morgan fingerprint density at radius 3 is 2.44 bits per heavy atom. The first-order valence-electron chi connectivity index (χ1n) is 11.3. The van der Waals surface area contributed by atoms with Crippen molar-refractivity contribution in [1.29, 1.82) is 0 Å². The minimum Gasteiger partial charge on any atom is -0.394 e. The molecule has 0 saturated carbocycles. The summed E-state index contributed by atoms with van der Waals surface area (Å²) in [6.07, 6.45) is 3.41. The molecule has 1 atom stereocenters. The summed E-state index contributed by atoms with van der Waals surface area (Å²) in [5.41, 5.74) is 3.51. The van der Waals surface area contributed by atoms with E-state index in [2.05, 4.69) is 41.6 Å². The Morgan fingerprint density at radius 2 is 1.71 bits per heavy atom. The Balaban J connectivity index is 1.64. The lowest BCUT2D eigenvalue weighted by molar-refractivity contribution is 0.268. The fraction of sp³-hybridized carbons (Fsp3) is 0.269. The molecule has 6 nitrogen and oxygen atoms in total. The number of aliphatic hydroxyl groups is 1. The zero-order chi connectivity index (χ0) is 23.9. The number of halogens is 1. The first kappa shape index (κ1) is 24.1. The number of hydrogen-bond donors (Lipinski definition) is 3. The first-order valence-corrected chi connectivity index (χ1v) is 12.5. The molecule has 8 heteroatoms. The van der Waals surface area contributed by atoms with E-state index in [4.69, 9.17) is 21.6 Å². The fourth-order valence-corrected chi connectivity index (χ4v) is 4.68. The molecule has 4 rings (SSSR count). The van der Waals surface area contributed by atoms with E-state index in [0.717, 1.165) is 34.1 Å². The van der Waals surface area contributed by atoms with Crippen LogP contribution in [-0.2, 0) is 6.42 Å². The fourth-order valence-electron chi connectivity index (χ4n) is 3.53. The maximum atomic E-state index is 10.0. The number of aliphatic hydroxyl groups excluding tert-OH is 1. The summed E-state index contributed by atoms with van der Waals surface area (Å²) in [6, 6.07) is 19.9. The van der Waals surface area contributed by atoms with Gasteiger partial charge in [-0.05, 0) is 44.4 Å². The normalized spacial score (nSPS) is 12.0.